The number of amides is 1. The number of sulfonamides is 1. The van der Waals surface area contributed by atoms with Crippen molar-refractivity contribution in [2.24, 2.45) is 5.14 Å². The maximum atomic E-state index is 13.8. The first-order valence-corrected chi connectivity index (χ1v) is 14.0. The molecular weight excluding hydrogens is 544 g/mol. The Kier molecular flexibility index (Phi) is 7.22. The summed E-state index contributed by atoms with van der Waals surface area (Å²) in [6.07, 6.45) is 0. The summed E-state index contributed by atoms with van der Waals surface area (Å²) in [6, 6.07) is 26.3. The van der Waals surface area contributed by atoms with Gasteiger partial charge in [0.15, 0.2) is 0 Å². The lowest BCUT2D eigenvalue weighted by molar-refractivity contribution is -0.384. The van der Waals surface area contributed by atoms with E-state index in [9.17, 15) is 28.1 Å². The molecule has 4 aromatic carbocycles. The van der Waals surface area contributed by atoms with Gasteiger partial charge in [-0.2, -0.15) is 0 Å². The second-order valence-electron chi connectivity index (χ2n) is 9.44. The van der Waals surface area contributed by atoms with Crippen LogP contribution in [0.2, 0.25) is 0 Å². The molecule has 10 nitrogen and oxygen atoms in total. The van der Waals surface area contributed by atoms with Crippen LogP contribution in [0.25, 0.3) is 5.70 Å². The van der Waals surface area contributed by atoms with Crippen molar-refractivity contribution in [3.8, 4) is 0 Å². The van der Waals surface area contributed by atoms with Gasteiger partial charge in [0.25, 0.3) is 17.4 Å². The molecule has 0 saturated carbocycles. The number of anilines is 2. The molecule has 206 valence electrons. The van der Waals surface area contributed by atoms with Crippen molar-refractivity contribution in [3.63, 3.8) is 0 Å². The van der Waals surface area contributed by atoms with Crippen LogP contribution < -0.4 is 15.4 Å². The SMILES string of the molecule is Cc1ccc(NC(=C2C(=O)C(=O)N(c3ccc(S(N)(=O)=O)cc3)C2c2cccc([N+](=O)[O-])c2)c2ccccc2)cc1. The number of rotatable bonds is 7. The van der Waals surface area contributed by atoms with Crippen LogP contribution in [0.1, 0.15) is 22.7 Å². The molecule has 0 spiro atoms. The van der Waals surface area contributed by atoms with E-state index in [0.717, 1.165) is 5.56 Å². The number of ketones is 1. The number of primary sulfonamides is 1. The maximum Gasteiger partial charge on any atom is 0.300 e. The van der Waals surface area contributed by atoms with Gasteiger partial charge in [-0.15, -0.1) is 0 Å². The molecule has 0 aliphatic carbocycles. The first kappa shape index (κ1) is 27.4. The molecule has 0 radical (unpaired) electrons. The standard InChI is InChI=1S/C30H24N4O6S/c1-19-10-12-22(13-11-19)32-27(20-6-3-2-4-7-20)26-28(21-8-5-9-24(18-21)34(37)38)33(30(36)29(26)35)23-14-16-25(17-15-23)41(31,39)40/h2-18,28,32H,1H3,(H2,31,39,40). The number of nitro groups is 1. The molecule has 1 fully saturated rings. The van der Waals surface area contributed by atoms with E-state index in [2.05, 4.69) is 5.32 Å². The Morgan fingerprint density at radius 1 is 0.902 bits per heavy atom. The number of Topliss-reactive ketones (excluding diaryl/α,β-unsaturated/α-hetero) is 1. The van der Waals surface area contributed by atoms with E-state index in [1.165, 1.54) is 47.4 Å². The molecule has 1 heterocycles. The Morgan fingerprint density at radius 3 is 2.17 bits per heavy atom. The van der Waals surface area contributed by atoms with Gasteiger partial charge in [-0.1, -0.05) is 60.2 Å². The van der Waals surface area contributed by atoms with Crippen LogP contribution in [0, 0.1) is 17.0 Å². The third kappa shape index (κ3) is 5.49. The molecule has 1 amide bonds. The highest BCUT2D eigenvalue weighted by atomic mass is 32.2. The number of nitrogens with one attached hydrogen (secondary N) is 1. The third-order valence-electron chi connectivity index (χ3n) is 6.68. The molecule has 1 saturated heterocycles. The number of nitro benzene ring substituents is 1. The topological polar surface area (TPSA) is 153 Å². The van der Waals surface area contributed by atoms with Gasteiger partial charge in [-0.3, -0.25) is 24.6 Å². The number of aryl methyl sites for hydroxylation is 1. The number of nitrogens with two attached hydrogens (primary N) is 1. The summed E-state index contributed by atoms with van der Waals surface area (Å²) in [5.41, 5.74) is 3.06. The quantitative estimate of drug-likeness (QED) is 0.141. The number of hydrogen-bond donors (Lipinski definition) is 2. The van der Waals surface area contributed by atoms with Crippen LogP contribution >= 0.6 is 0 Å². The molecule has 1 aliphatic heterocycles. The lowest BCUT2D eigenvalue weighted by Gasteiger charge is -2.26. The van der Waals surface area contributed by atoms with Gasteiger partial charge in [-0.25, -0.2) is 13.6 Å². The minimum atomic E-state index is -4.01. The van der Waals surface area contributed by atoms with Crippen LogP contribution in [-0.4, -0.2) is 25.0 Å². The maximum absolute atomic E-state index is 13.8. The molecule has 0 aromatic heterocycles. The van der Waals surface area contributed by atoms with Gasteiger partial charge in [0, 0.05) is 23.5 Å². The average molecular weight is 569 g/mol. The van der Waals surface area contributed by atoms with Crippen molar-refractivity contribution in [1.82, 2.24) is 0 Å². The van der Waals surface area contributed by atoms with Gasteiger partial charge < -0.3 is 5.32 Å². The van der Waals surface area contributed by atoms with Crippen molar-refractivity contribution >= 4 is 44.5 Å². The van der Waals surface area contributed by atoms with Crippen LogP contribution in [0.4, 0.5) is 17.1 Å². The van der Waals surface area contributed by atoms with Crippen LogP contribution in [0.3, 0.4) is 0 Å². The molecule has 1 unspecified atom stereocenters. The largest absolute Gasteiger partial charge is 0.355 e. The summed E-state index contributed by atoms with van der Waals surface area (Å²) in [6.45, 7) is 1.94. The smallest absolute Gasteiger partial charge is 0.300 e. The highest BCUT2D eigenvalue weighted by molar-refractivity contribution is 7.89. The number of carbonyl (C=O) groups excluding carboxylic acids is 2. The summed E-state index contributed by atoms with van der Waals surface area (Å²) in [4.78, 5) is 39.6. The highest BCUT2D eigenvalue weighted by Crippen LogP contribution is 2.43. The van der Waals surface area contributed by atoms with Gasteiger partial charge in [0.1, 0.15) is 0 Å². The minimum Gasteiger partial charge on any atom is -0.355 e. The Hall–Kier alpha value is -5.13. The predicted molar refractivity (Wildman–Crippen MR) is 154 cm³/mol. The van der Waals surface area contributed by atoms with Gasteiger partial charge >= 0.3 is 0 Å². The van der Waals surface area contributed by atoms with E-state index >= 15 is 0 Å². The second kappa shape index (κ2) is 10.8. The predicted octanol–water partition coefficient (Wildman–Crippen LogP) is 4.73. The van der Waals surface area contributed by atoms with Crippen molar-refractivity contribution < 1.29 is 22.9 Å². The second-order valence-corrected chi connectivity index (χ2v) is 11.0. The van der Waals surface area contributed by atoms with E-state index in [0.29, 0.717) is 22.5 Å². The van der Waals surface area contributed by atoms with E-state index in [-0.39, 0.29) is 21.8 Å². The Morgan fingerprint density at radius 2 is 1.56 bits per heavy atom. The van der Waals surface area contributed by atoms with Crippen LogP contribution in [0.5, 0.6) is 0 Å². The molecule has 11 heteroatoms. The number of carbonyl (C=O) groups is 2. The fourth-order valence-electron chi connectivity index (χ4n) is 4.71. The zero-order valence-corrected chi connectivity index (χ0v) is 22.5. The first-order valence-electron chi connectivity index (χ1n) is 12.4. The van der Waals surface area contributed by atoms with Gasteiger partial charge in [0.05, 0.1) is 27.1 Å². The minimum absolute atomic E-state index is 0.0813. The van der Waals surface area contributed by atoms with Crippen molar-refractivity contribution in [3.05, 3.63) is 136 Å². The summed E-state index contributed by atoms with van der Waals surface area (Å²) in [7, 11) is -4.01. The zero-order valence-electron chi connectivity index (χ0n) is 21.7. The summed E-state index contributed by atoms with van der Waals surface area (Å²) in [5, 5.41) is 20.2. The monoisotopic (exact) mass is 568 g/mol. The van der Waals surface area contributed by atoms with Gasteiger partial charge in [0.2, 0.25) is 10.0 Å². The molecule has 0 bridgehead atoms. The number of non-ortho nitro benzene ring substituents is 1. The molecule has 41 heavy (non-hydrogen) atoms. The lowest BCUT2D eigenvalue weighted by atomic mass is 9.93. The van der Waals surface area contributed by atoms with Crippen molar-refractivity contribution in [2.45, 2.75) is 17.9 Å². The van der Waals surface area contributed by atoms with Gasteiger partial charge in [-0.05, 0) is 54.4 Å². The fourth-order valence-corrected chi connectivity index (χ4v) is 5.23. The fraction of sp³-hybridized carbons (Fsp3) is 0.0667. The number of hydrogen-bond acceptors (Lipinski definition) is 7. The molecule has 5 rings (SSSR count). The number of benzene rings is 4. The van der Waals surface area contributed by atoms with Crippen LogP contribution in [-0.2, 0) is 19.6 Å². The molecule has 1 aliphatic rings. The van der Waals surface area contributed by atoms with Crippen LogP contribution in [0.15, 0.2) is 114 Å². The van der Waals surface area contributed by atoms with E-state index in [1.54, 1.807) is 30.3 Å². The summed E-state index contributed by atoms with van der Waals surface area (Å²) >= 11 is 0. The Balaban J connectivity index is 1.78. The van der Waals surface area contributed by atoms with E-state index in [1.807, 2.05) is 37.3 Å². The lowest BCUT2D eigenvalue weighted by Crippen LogP contribution is -2.29. The molecule has 4 aromatic rings. The molecule has 1 atom stereocenters. The Labute approximate surface area is 235 Å². The van der Waals surface area contributed by atoms with E-state index in [4.69, 9.17) is 5.14 Å². The first-order chi connectivity index (χ1) is 19.5. The molecule has 3 N–H and O–H groups in total. The van der Waals surface area contributed by atoms with Crippen molar-refractivity contribution in [2.75, 3.05) is 10.2 Å². The number of nitrogens with zero attached hydrogens (tertiary/aromatic N) is 2. The average Bonchev–Trinajstić information content (AvgIpc) is 3.22. The highest BCUT2D eigenvalue weighted by Gasteiger charge is 2.47. The zero-order chi connectivity index (χ0) is 29.3. The van der Waals surface area contributed by atoms with Crippen molar-refractivity contribution in [1.29, 1.82) is 0 Å². The summed E-state index contributed by atoms with van der Waals surface area (Å²) in [5.74, 6) is -1.69. The normalized spacial score (nSPS) is 16.5. The van der Waals surface area contributed by atoms with E-state index < -0.39 is 32.7 Å². The Bertz CT molecular complexity index is 1800. The third-order valence-corrected chi connectivity index (χ3v) is 7.61. The summed E-state index contributed by atoms with van der Waals surface area (Å²) < 4.78 is 23.7. The molecular formula is C30H24N4O6S.